The maximum Gasteiger partial charge on any atom is 0.220 e. The molecule has 0 aromatic carbocycles. The summed E-state index contributed by atoms with van der Waals surface area (Å²) in [6, 6.07) is -0.641. The van der Waals surface area contributed by atoms with Gasteiger partial charge < -0.3 is 15.5 Å². The van der Waals surface area contributed by atoms with Gasteiger partial charge >= 0.3 is 0 Å². The average molecular weight is 660 g/mol. The second-order valence-corrected chi connectivity index (χ2v) is 14.0. The minimum absolute atomic E-state index is 0.0768. The standard InChI is InChI=1S/C43H81NO3/c1-3-5-7-9-11-13-15-17-19-21-22-23-24-26-28-30-32-34-36-38-42(46)41(40-45)44-43(47)39-37-35-33-31-29-27-25-20-18-16-14-12-10-8-6-4-2/h22-23,28,30,36,38,41-42,45-46H,3-21,24-27,29,31-35,37,39-40H2,1-2H3,(H,44,47)/b23-22+,30-28+,38-36+. The topological polar surface area (TPSA) is 69.6 Å². The van der Waals surface area contributed by atoms with Gasteiger partial charge in [0.1, 0.15) is 0 Å². The van der Waals surface area contributed by atoms with Crippen LogP contribution in [0, 0.1) is 0 Å². The van der Waals surface area contributed by atoms with Gasteiger partial charge in [0.05, 0.1) is 18.8 Å². The Morgan fingerprint density at radius 3 is 1.23 bits per heavy atom. The summed E-state index contributed by atoms with van der Waals surface area (Å²) in [5, 5.41) is 22.9. The zero-order valence-corrected chi connectivity index (χ0v) is 31.5. The van der Waals surface area contributed by atoms with Gasteiger partial charge in [-0.15, -0.1) is 0 Å². The third-order valence-electron chi connectivity index (χ3n) is 9.35. The lowest BCUT2D eigenvalue weighted by Crippen LogP contribution is -2.45. The van der Waals surface area contributed by atoms with Crippen molar-refractivity contribution in [3.05, 3.63) is 36.5 Å². The Bertz CT molecular complexity index is 716. The maximum absolute atomic E-state index is 12.3. The van der Waals surface area contributed by atoms with Crippen LogP contribution in [0.2, 0.25) is 0 Å². The van der Waals surface area contributed by atoms with Crippen molar-refractivity contribution in [2.24, 2.45) is 0 Å². The molecule has 0 aromatic heterocycles. The first kappa shape index (κ1) is 45.6. The highest BCUT2D eigenvalue weighted by molar-refractivity contribution is 5.76. The Morgan fingerprint density at radius 1 is 0.489 bits per heavy atom. The van der Waals surface area contributed by atoms with Crippen LogP contribution in [0.4, 0.5) is 0 Å². The molecule has 2 atom stereocenters. The summed E-state index contributed by atoms with van der Waals surface area (Å²) in [5.41, 5.74) is 0. The fourth-order valence-electron chi connectivity index (χ4n) is 6.15. The van der Waals surface area contributed by atoms with E-state index < -0.39 is 12.1 Å². The van der Waals surface area contributed by atoms with E-state index in [1.54, 1.807) is 6.08 Å². The van der Waals surface area contributed by atoms with E-state index >= 15 is 0 Å². The number of aliphatic hydroxyl groups is 2. The monoisotopic (exact) mass is 660 g/mol. The fraction of sp³-hybridized carbons (Fsp3) is 0.837. The first-order valence-corrected chi connectivity index (χ1v) is 20.7. The SMILES string of the molecule is CCCCCCCCCCC/C=C/CC/C=C/CC/C=C/C(O)C(CO)NC(=O)CCCCCCCCCCCCCCCCCC. The largest absolute Gasteiger partial charge is 0.394 e. The molecule has 0 saturated heterocycles. The van der Waals surface area contributed by atoms with Crippen molar-refractivity contribution in [2.75, 3.05) is 6.61 Å². The summed E-state index contributed by atoms with van der Waals surface area (Å²) in [6.07, 6.45) is 51.0. The van der Waals surface area contributed by atoms with Crippen molar-refractivity contribution >= 4 is 5.91 Å². The molecule has 0 heterocycles. The highest BCUT2D eigenvalue weighted by Crippen LogP contribution is 2.15. The molecule has 4 nitrogen and oxygen atoms in total. The molecule has 0 radical (unpaired) electrons. The van der Waals surface area contributed by atoms with Crippen molar-refractivity contribution in [2.45, 2.75) is 225 Å². The second-order valence-electron chi connectivity index (χ2n) is 14.0. The third kappa shape index (κ3) is 35.7. The van der Waals surface area contributed by atoms with Gasteiger partial charge in [-0.1, -0.05) is 198 Å². The van der Waals surface area contributed by atoms with Gasteiger partial charge in [0, 0.05) is 6.42 Å². The molecule has 0 aromatic rings. The Kier molecular flexibility index (Phi) is 37.9. The van der Waals surface area contributed by atoms with Crippen LogP contribution in [0.25, 0.3) is 0 Å². The average Bonchev–Trinajstić information content (AvgIpc) is 3.07. The summed E-state index contributed by atoms with van der Waals surface area (Å²) in [6.45, 7) is 4.29. The van der Waals surface area contributed by atoms with Crippen LogP contribution in [0.3, 0.4) is 0 Å². The molecule has 0 aliphatic rings. The van der Waals surface area contributed by atoms with Crippen LogP contribution < -0.4 is 5.32 Å². The van der Waals surface area contributed by atoms with Crippen molar-refractivity contribution in [3.63, 3.8) is 0 Å². The highest BCUT2D eigenvalue weighted by atomic mass is 16.3. The zero-order valence-electron chi connectivity index (χ0n) is 31.5. The summed E-state index contributed by atoms with van der Waals surface area (Å²) in [4.78, 5) is 12.3. The van der Waals surface area contributed by atoms with E-state index in [1.165, 1.54) is 154 Å². The molecule has 0 aliphatic carbocycles. The Hall–Kier alpha value is -1.39. The van der Waals surface area contributed by atoms with Gasteiger partial charge in [0.25, 0.3) is 0 Å². The van der Waals surface area contributed by atoms with E-state index in [-0.39, 0.29) is 12.5 Å². The van der Waals surface area contributed by atoms with E-state index in [2.05, 4.69) is 43.5 Å². The molecule has 0 fully saturated rings. The predicted molar refractivity (Wildman–Crippen MR) is 207 cm³/mol. The normalized spacial score (nSPS) is 13.4. The molecule has 1 amide bonds. The lowest BCUT2D eigenvalue weighted by Gasteiger charge is -2.19. The van der Waals surface area contributed by atoms with E-state index in [9.17, 15) is 15.0 Å². The first-order chi connectivity index (χ1) is 23.2. The van der Waals surface area contributed by atoms with Crippen molar-refractivity contribution in [1.29, 1.82) is 0 Å². The van der Waals surface area contributed by atoms with Crippen LogP contribution >= 0.6 is 0 Å². The molecule has 0 saturated carbocycles. The quantitative estimate of drug-likeness (QED) is 0.0459. The Morgan fingerprint density at radius 2 is 0.830 bits per heavy atom. The van der Waals surface area contributed by atoms with Gasteiger partial charge in [-0.05, 0) is 44.9 Å². The summed E-state index contributed by atoms with van der Waals surface area (Å²) >= 11 is 0. The first-order valence-electron chi connectivity index (χ1n) is 20.7. The molecule has 4 heteroatoms. The third-order valence-corrected chi connectivity index (χ3v) is 9.35. The highest BCUT2D eigenvalue weighted by Gasteiger charge is 2.17. The molecule has 2 unspecified atom stereocenters. The number of rotatable bonds is 37. The fourth-order valence-corrected chi connectivity index (χ4v) is 6.15. The number of nitrogens with one attached hydrogen (secondary N) is 1. The van der Waals surface area contributed by atoms with Crippen LogP contribution in [-0.2, 0) is 4.79 Å². The molecule has 3 N–H and O–H groups in total. The molecule has 0 spiro atoms. The molecule has 0 rings (SSSR count). The minimum Gasteiger partial charge on any atom is -0.394 e. The van der Waals surface area contributed by atoms with Crippen LogP contribution in [0.1, 0.15) is 213 Å². The zero-order chi connectivity index (χ0) is 34.3. The molecular formula is C43H81NO3. The molecular weight excluding hydrogens is 578 g/mol. The Labute approximate surface area is 293 Å². The number of carbonyl (C=O) groups is 1. The second kappa shape index (κ2) is 39.1. The maximum atomic E-state index is 12.3. The number of amides is 1. The van der Waals surface area contributed by atoms with E-state index in [0.717, 1.165) is 38.5 Å². The van der Waals surface area contributed by atoms with E-state index in [0.29, 0.717) is 6.42 Å². The van der Waals surface area contributed by atoms with Crippen molar-refractivity contribution < 1.29 is 15.0 Å². The van der Waals surface area contributed by atoms with Crippen molar-refractivity contribution in [3.8, 4) is 0 Å². The Balaban J connectivity index is 3.65. The summed E-state index contributed by atoms with van der Waals surface area (Å²) in [5.74, 6) is -0.0768. The predicted octanol–water partition coefficient (Wildman–Crippen LogP) is 12.6. The van der Waals surface area contributed by atoms with Gasteiger partial charge in [0.2, 0.25) is 5.91 Å². The number of hydrogen-bond acceptors (Lipinski definition) is 3. The summed E-state index contributed by atoms with van der Waals surface area (Å²) in [7, 11) is 0. The van der Waals surface area contributed by atoms with E-state index in [1.807, 2.05) is 6.08 Å². The smallest absolute Gasteiger partial charge is 0.220 e. The summed E-state index contributed by atoms with van der Waals surface area (Å²) < 4.78 is 0. The molecule has 276 valence electrons. The van der Waals surface area contributed by atoms with Gasteiger partial charge in [-0.25, -0.2) is 0 Å². The number of aliphatic hydroxyl groups excluding tert-OH is 2. The van der Waals surface area contributed by atoms with Gasteiger partial charge in [0.15, 0.2) is 0 Å². The molecule has 0 bridgehead atoms. The van der Waals surface area contributed by atoms with Crippen LogP contribution in [0.5, 0.6) is 0 Å². The number of carbonyl (C=O) groups excluding carboxylic acids is 1. The number of unbranched alkanes of at least 4 members (excludes halogenated alkanes) is 26. The minimum atomic E-state index is -0.866. The molecule has 0 aliphatic heterocycles. The van der Waals surface area contributed by atoms with Crippen LogP contribution in [0.15, 0.2) is 36.5 Å². The lowest BCUT2D eigenvalue weighted by atomic mass is 10.0. The number of allylic oxidation sites excluding steroid dienone is 5. The van der Waals surface area contributed by atoms with E-state index in [4.69, 9.17) is 0 Å². The van der Waals surface area contributed by atoms with Crippen molar-refractivity contribution in [1.82, 2.24) is 5.32 Å². The van der Waals surface area contributed by atoms with Gasteiger partial charge in [-0.2, -0.15) is 0 Å². The molecule has 47 heavy (non-hydrogen) atoms. The number of hydrogen-bond donors (Lipinski definition) is 3. The van der Waals surface area contributed by atoms with Gasteiger partial charge in [-0.3, -0.25) is 4.79 Å². The lowest BCUT2D eigenvalue weighted by molar-refractivity contribution is -0.123. The van der Waals surface area contributed by atoms with Crippen LogP contribution in [-0.4, -0.2) is 34.9 Å².